The fraction of sp³-hybridized carbons (Fsp3) is 0.250. The maximum atomic E-state index is 13.9. The second-order valence-corrected chi connectivity index (χ2v) is 10.7. The van der Waals surface area contributed by atoms with Gasteiger partial charge in [-0.25, -0.2) is 0 Å². The summed E-state index contributed by atoms with van der Waals surface area (Å²) in [4.78, 5) is 29.0. The molecule has 0 radical (unpaired) electrons. The topological polar surface area (TPSA) is 112 Å². The zero-order valence-corrected chi connectivity index (χ0v) is 23.9. The van der Waals surface area contributed by atoms with Crippen LogP contribution in [0.1, 0.15) is 30.2 Å². The van der Waals surface area contributed by atoms with E-state index in [1.807, 2.05) is 66.7 Å². The number of hydrogen-bond acceptors (Lipinski definition) is 6. The van der Waals surface area contributed by atoms with Crippen molar-refractivity contribution in [2.24, 2.45) is 5.92 Å². The molecule has 1 aromatic heterocycles. The standard InChI is InChI=1S/C32H32ClN5O4/c1-23(8-5-6-16-36-21-26(15-17-39)34-35-36)32(42)29-19-25(33)13-14-30(29)37(31(32)41)20-24-9-7-12-28(18-24)38(22-40)27-10-3-2-4-11-27/h2-5,7-14,18-19,21-23,39,42H,6,15-17,20H2,1H3/b8-5+/t23-,32+/m1/s1. The Kier molecular flexibility index (Phi) is 8.82. The molecule has 5 rings (SSSR count). The molecular formula is C32H32ClN5O4. The van der Waals surface area contributed by atoms with Crippen LogP contribution in [0.2, 0.25) is 5.02 Å². The highest BCUT2D eigenvalue weighted by molar-refractivity contribution is 6.31. The first-order chi connectivity index (χ1) is 20.3. The normalized spacial score (nSPS) is 17.0. The first-order valence-electron chi connectivity index (χ1n) is 13.7. The van der Waals surface area contributed by atoms with Crippen molar-refractivity contribution in [3.63, 3.8) is 0 Å². The Bertz CT molecular complexity index is 1590. The molecular weight excluding hydrogens is 554 g/mol. The van der Waals surface area contributed by atoms with Gasteiger partial charge < -0.3 is 15.1 Å². The van der Waals surface area contributed by atoms with Crippen LogP contribution in [0.5, 0.6) is 0 Å². The first kappa shape index (κ1) is 29.2. The van der Waals surface area contributed by atoms with Gasteiger partial charge >= 0.3 is 0 Å². The zero-order valence-electron chi connectivity index (χ0n) is 23.2. The number of benzene rings is 3. The molecule has 0 saturated heterocycles. The number of fused-ring (bicyclic) bond motifs is 1. The summed E-state index contributed by atoms with van der Waals surface area (Å²) < 4.78 is 1.70. The number of aliphatic hydroxyl groups excluding tert-OH is 1. The number of nitrogens with zero attached hydrogens (tertiary/aromatic N) is 5. The van der Waals surface area contributed by atoms with Gasteiger partial charge in [0, 0.05) is 53.6 Å². The third kappa shape index (κ3) is 5.85. The van der Waals surface area contributed by atoms with Crippen LogP contribution in [-0.2, 0) is 34.7 Å². The minimum absolute atomic E-state index is 0.0154. The molecule has 1 aliphatic heterocycles. The third-order valence-electron chi connectivity index (χ3n) is 7.46. The average Bonchev–Trinajstić information content (AvgIpc) is 3.53. The summed E-state index contributed by atoms with van der Waals surface area (Å²) >= 11 is 6.33. The lowest BCUT2D eigenvalue weighted by molar-refractivity contribution is -0.139. The number of aryl methyl sites for hydroxylation is 1. The van der Waals surface area contributed by atoms with Crippen molar-refractivity contribution < 1.29 is 19.8 Å². The molecule has 0 fully saturated rings. The molecule has 2 N–H and O–H groups in total. The van der Waals surface area contributed by atoms with Crippen LogP contribution in [0.25, 0.3) is 0 Å². The summed E-state index contributed by atoms with van der Waals surface area (Å²) in [5, 5.41) is 29.5. The maximum Gasteiger partial charge on any atom is 0.264 e. The Morgan fingerprint density at radius 3 is 2.62 bits per heavy atom. The molecule has 0 unspecified atom stereocenters. The van der Waals surface area contributed by atoms with Crippen LogP contribution in [0.4, 0.5) is 17.1 Å². The Labute approximate surface area is 249 Å². The number of aromatic nitrogens is 3. The number of amides is 2. The quantitative estimate of drug-likeness (QED) is 0.183. The van der Waals surface area contributed by atoms with Crippen molar-refractivity contribution in [2.75, 3.05) is 16.4 Å². The van der Waals surface area contributed by atoms with Crippen molar-refractivity contribution >= 4 is 41.0 Å². The van der Waals surface area contributed by atoms with E-state index in [4.69, 9.17) is 16.7 Å². The number of carbonyl (C=O) groups is 2. The van der Waals surface area contributed by atoms with Crippen molar-refractivity contribution in [1.82, 2.24) is 15.0 Å². The predicted octanol–water partition coefficient (Wildman–Crippen LogP) is 4.78. The molecule has 9 nitrogen and oxygen atoms in total. The number of rotatable bonds is 12. The van der Waals surface area contributed by atoms with E-state index < -0.39 is 17.4 Å². The van der Waals surface area contributed by atoms with Crippen LogP contribution in [0.3, 0.4) is 0 Å². The van der Waals surface area contributed by atoms with E-state index in [1.54, 1.807) is 45.8 Å². The fourth-order valence-corrected chi connectivity index (χ4v) is 5.42. The highest BCUT2D eigenvalue weighted by Gasteiger charge is 2.52. The maximum absolute atomic E-state index is 13.9. The minimum Gasteiger partial charge on any atom is -0.396 e. The number of hydrogen-bond donors (Lipinski definition) is 2. The lowest BCUT2D eigenvalue weighted by Gasteiger charge is -2.28. The number of carbonyl (C=O) groups excluding carboxylic acids is 2. The van der Waals surface area contributed by atoms with Crippen molar-refractivity contribution in [3.8, 4) is 0 Å². The average molecular weight is 586 g/mol. The molecule has 42 heavy (non-hydrogen) atoms. The van der Waals surface area contributed by atoms with Crippen LogP contribution >= 0.6 is 11.6 Å². The number of allylic oxidation sites excluding steroid dienone is 1. The molecule has 4 aromatic rings. The molecule has 0 aliphatic carbocycles. The van der Waals surface area contributed by atoms with E-state index in [0.29, 0.717) is 41.3 Å². The molecule has 0 spiro atoms. The summed E-state index contributed by atoms with van der Waals surface area (Å²) in [5.74, 6) is -0.995. The molecule has 10 heteroatoms. The van der Waals surface area contributed by atoms with Crippen molar-refractivity contribution in [3.05, 3.63) is 113 Å². The lowest BCUT2D eigenvalue weighted by atomic mass is 9.83. The molecule has 2 heterocycles. The number of halogens is 1. The Balaban J connectivity index is 1.36. The summed E-state index contributed by atoms with van der Waals surface area (Å²) in [5.41, 5.74) is 2.15. The van der Waals surface area contributed by atoms with Crippen LogP contribution in [0.15, 0.2) is 91.1 Å². The van der Waals surface area contributed by atoms with Crippen molar-refractivity contribution in [2.45, 2.75) is 38.5 Å². The Hall–Kier alpha value is -4.31. The van der Waals surface area contributed by atoms with Crippen LogP contribution in [0, 0.1) is 5.92 Å². The molecule has 216 valence electrons. The van der Waals surface area contributed by atoms with Gasteiger partial charge in [0.15, 0.2) is 5.60 Å². The molecule has 0 saturated carbocycles. The molecule has 3 aromatic carbocycles. The number of para-hydroxylation sites is 1. The third-order valence-corrected chi connectivity index (χ3v) is 7.70. The van der Waals surface area contributed by atoms with Gasteiger partial charge in [-0.2, -0.15) is 0 Å². The molecule has 1 aliphatic rings. The summed E-state index contributed by atoms with van der Waals surface area (Å²) in [6.07, 6.45) is 7.37. The smallest absolute Gasteiger partial charge is 0.264 e. The van der Waals surface area contributed by atoms with E-state index in [9.17, 15) is 14.7 Å². The Morgan fingerprint density at radius 2 is 1.86 bits per heavy atom. The SMILES string of the molecule is C[C@H](/C=C/CCn1cc(CCO)nn1)[C@@]1(O)C(=O)N(Cc2cccc(N(C=O)c3ccccc3)c2)c2ccc(Cl)cc21. The van der Waals surface area contributed by atoms with E-state index >= 15 is 0 Å². The molecule has 0 bridgehead atoms. The van der Waals surface area contributed by atoms with Gasteiger partial charge in [-0.15, -0.1) is 5.10 Å². The Morgan fingerprint density at radius 1 is 1.07 bits per heavy atom. The summed E-state index contributed by atoms with van der Waals surface area (Å²) in [7, 11) is 0. The van der Waals surface area contributed by atoms with Gasteiger partial charge in [-0.3, -0.25) is 19.2 Å². The van der Waals surface area contributed by atoms with E-state index in [0.717, 1.165) is 23.4 Å². The molecule has 2 amide bonds. The second-order valence-electron chi connectivity index (χ2n) is 10.3. The fourth-order valence-electron chi connectivity index (χ4n) is 5.25. The highest BCUT2D eigenvalue weighted by Crippen LogP contribution is 2.46. The van der Waals surface area contributed by atoms with E-state index in [2.05, 4.69) is 10.3 Å². The zero-order chi connectivity index (χ0) is 29.7. The van der Waals surface area contributed by atoms with Gasteiger partial charge in [0.25, 0.3) is 5.91 Å². The lowest BCUT2D eigenvalue weighted by Crippen LogP contribution is -2.44. The first-order valence-corrected chi connectivity index (χ1v) is 14.1. The second kappa shape index (κ2) is 12.7. The minimum atomic E-state index is -1.81. The number of anilines is 3. The highest BCUT2D eigenvalue weighted by atomic mass is 35.5. The number of aliphatic hydroxyl groups is 2. The van der Waals surface area contributed by atoms with Crippen LogP contribution < -0.4 is 9.80 Å². The van der Waals surface area contributed by atoms with Gasteiger partial charge in [-0.05, 0) is 54.4 Å². The van der Waals surface area contributed by atoms with Gasteiger partial charge in [-0.1, -0.05) is 66.2 Å². The van der Waals surface area contributed by atoms with Crippen molar-refractivity contribution in [1.29, 1.82) is 0 Å². The van der Waals surface area contributed by atoms with E-state index in [-0.39, 0.29) is 13.2 Å². The van der Waals surface area contributed by atoms with Gasteiger partial charge in [0.05, 0.1) is 17.9 Å². The van der Waals surface area contributed by atoms with Gasteiger partial charge in [0.1, 0.15) is 0 Å². The predicted molar refractivity (Wildman–Crippen MR) is 161 cm³/mol. The van der Waals surface area contributed by atoms with E-state index in [1.165, 1.54) is 0 Å². The van der Waals surface area contributed by atoms with Gasteiger partial charge in [0.2, 0.25) is 6.41 Å². The molecule has 2 atom stereocenters. The van der Waals surface area contributed by atoms with Crippen LogP contribution in [-0.4, -0.2) is 44.1 Å². The summed E-state index contributed by atoms with van der Waals surface area (Å²) in [6.45, 7) is 2.59. The largest absolute Gasteiger partial charge is 0.396 e. The summed E-state index contributed by atoms with van der Waals surface area (Å²) in [6, 6.07) is 21.8. The monoisotopic (exact) mass is 585 g/mol.